The molecule has 1 fully saturated rings. The van der Waals surface area contributed by atoms with Gasteiger partial charge in [-0.05, 0) is 0 Å². The second-order valence-electron chi connectivity index (χ2n) is 1.30. The second kappa shape index (κ2) is 1.38. The summed E-state index contributed by atoms with van der Waals surface area (Å²) in [5.41, 5.74) is 6.81. The highest BCUT2D eigenvalue weighted by Gasteiger charge is 2.17. The van der Waals surface area contributed by atoms with Gasteiger partial charge in [-0.1, -0.05) is 0 Å². The Labute approximate surface area is 40.6 Å². The first-order valence-electron chi connectivity index (χ1n) is 1.93. The van der Waals surface area contributed by atoms with E-state index in [-0.39, 0.29) is 6.61 Å². The van der Waals surface area contributed by atoms with Gasteiger partial charge in [-0.2, -0.15) is 0 Å². The number of rotatable bonds is 0. The number of carbonyl (C=O) groups is 1. The Bertz CT molecular complexity index is 92.9. The summed E-state index contributed by atoms with van der Waals surface area (Å²) in [6.07, 6.45) is -1.03. The van der Waals surface area contributed by atoms with Crippen LogP contribution in [-0.2, 0) is 4.74 Å². The van der Waals surface area contributed by atoms with Crippen molar-refractivity contribution in [3.63, 3.8) is 0 Å². The summed E-state index contributed by atoms with van der Waals surface area (Å²) in [5, 5.41) is 2.22. The van der Waals surface area contributed by atoms with E-state index in [1.54, 1.807) is 0 Å². The standard InChI is InChI=1S/C3H5N2O2/c4-2-1-7-3(6)5-2/h2,4H,1H2,(H,5,6). The molecular weight excluding hydrogens is 96.0 g/mol. The number of amides is 1. The Hall–Kier alpha value is -0.770. The van der Waals surface area contributed by atoms with E-state index in [2.05, 4.69) is 10.1 Å². The van der Waals surface area contributed by atoms with Crippen LogP contribution in [0.25, 0.3) is 0 Å². The van der Waals surface area contributed by atoms with E-state index in [4.69, 9.17) is 5.73 Å². The highest BCUT2D eigenvalue weighted by Crippen LogP contribution is 1.89. The lowest BCUT2D eigenvalue weighted by Gasteiger charge is -1.89. The van der Waals surface area contributed by atoms with Crippen molar-refractivity contribution in [1.82, 2.24) is 11.1 Å². The van der Waals surface area contributed by atoms with Gasteiger partial charge < -0.3 is 10.1 Å². The molecule has 4 heteroatoms. The van der Waals surface area contributed by atoms with Gasteiger partial charge in [-0.3, -0.25) is 0 Å². The maximum absolute atomic E-state index is 10.0. The van der Waals surface area contributed by atoms with Crippen molar-refractivity contribution >= 4 is 6.09 Å². The van der Waals surface area contributed by atoms with E-state index < -0.39 is 12.3 Å². The third kappa shape index (κ3) is 0.806. The summed E-state index contributed by atoms with van der Waals surface area (Å²) in [5.74, 6) is 0. The Balaban J connectivity index is 2.40. The van der Waals surface area contributed by atoms with E-state index in [1.807, 2.05) is 0 Å². The molecule has 1 amide bonds. The highest BCUT2D eigenvalue weighted by atomic mass is 16.6. The summed E-state index contributed by atoms with van der Waals surface area (Å²) < 4.78 is 4.33. The smallest absolute Gasteiger partial charge is 0.408 e. The van der Waals surface area contributed by atoms with Crippen LogP contribution in [0.3, 0.4) is 0 Å². The third-order valence-electron chi connectivity index (χ3n) is 0.673. The van der Waals surface area contributed by atoms with Gasteiger partial charge in [0.25, 0.3) is 0 Å². The van der Waals surface area contributed by atoms with Gasteiger partial charge in [-0.15, -0.1) is 0 Å². The molecule has 2 N–H and O–H groups in total. The van der Waals surface area contributed by atoms with Gasteiger partial charge in [0.15, 0.2) is 0 Å². The Morgan fingerprint density at radius 1 is 2.00 bits per heavy atom. The van der Waals surface area contributed by atoms with Crippen LogP contribution in [-0.4, -0.2) is 18.9 Å². The molecule has 0 aromatic rings. The predicted octanol–water partition coefficient (Wildman–Crippen LogP) is -0.665. The lowest BCUT2D eigenvalue weighted by molar-refractivity contribution is 0.177. The lowest BCUT2D eigenvalue weighted by atomic mass is 10.6. The van der Waals surface area contributed by atoms with Crippen molar-refractivity contribution < 1.29 is 9.53 Å². The quantitative estimate of drug-likeness (QED) is 0.440. The Morgan fingerprint density at radius 2 is 2.71 bits per heavy atom. The highest BCUT2D eigenvalue weighted by molar-refractivity contribution is 5.69. The first-order valence-corrected chi connectivity index (χ1v) is 1.93. The van der Waals surface area contributed by atoms with Gasteiger partial charge >= 0.3 is 6.09 Å². The molecule has 1 aliphatic rings. The average Bonchev–Trinajstić information content (AvgIpc) is 1.87. The molecule has 0 saturated carbocycles. The summed E-state index contributed by atoms with van der Waals surface area (Å²) in [6, 6.07) is 0. The molecule has 1 aliphatic heterocycles. The largest absolute Gasteiger partial charge is 0.446 e. The van der Waals surface area contributed by atoms with E-state index in [0.29, 0.717) is 0 Å². The molecule has 4 nitrogen and oxygen atoms in total. The molecule has 0 aromatic heterocycles. The number of hydrogen-bond acceptors (Lipinski definition) is 2. The second-order valence-corrected chi connectivity index (χ2v) is 1.30. The van der Waals surface area contributed by atoms with Gasteiger partial charge in [0, 0.05) is 0 Å². The van der Waals surface area contributed by atoms with Crippen LogP contribution in [0.4, 0.5) is 4.79 Å². The van der Waals surface area contributed by atoms with Crippen molar-refractivity contribution in [3.05, 3.63) is 0 Å². The Kier molecular flexibility index (Phi) is 0.867. The summed E-state index contributed by atoms with van der Waals surface area (Å²) in [7, 11) is 0. The van der Waals surface area contributed by atoms with Crippen LogP contribution in [0.2, 0.25) is 0 Å². The first kappa shape index (κ1) is 4.39. The topological polar surface area (TPSA) is 62.1 Å². The summed E-state index contributed by atoms with van der Waals surface area (Å²) in [4.78, 5) is 10.0. The fourth-order valence-electron chi connectivity index (χ4n) is 0.385. The van der Waals surface area contributed by atoms with Crippen molar-refractivity contribution in [2.75, 3.05) is 6.61 Å². The molecule has 1 heterocycles. The minimum atomic E-state index is -0.549. The molecule has 1 radical (unpaired) electrons. The maximum atomic E-state index is 10.0. The first-order chi connectivity index (χ1) is 3.29. The van der Waals surface area contributed by atoms with Gasteiger partial charge in [-0.25, -0.2) is 10.5 Å². The van der Waals surface area contributed by atoms with Gasteiger partial charge in [0.05, 0.1) is 0 Å². The molecule has 7 heavy (non-hydrogen) atoms. The summed E-state index contributed by atoms with van der Waals surface area (Å²) >= 11 is 0. The number of cyclic esters (lactones) is 1. The van der Waals surface area contributed by atoms with Crippen molar-refractivity contribution in [2.24, 2.45) is 0 Å². The van der Waals surface area contributed by atoms with Crippen LogP contribution in [0, 0.1) is 0 Å². The van der Waals surface area contributed by atoms with Crippen LogP contribution < -0.4 is 11.1 Å². The van der Waals surface area contributed by atoms with Crippen LogP contribution in [0.15, 0.2) is 0 Å². The van der Waals surface area contributed by atoms with E-state index >= 15 is 0 Å². The molecule has 1 atom stereocenters. The van der Waals surface area contributed by atoms with Crippen LogP contribution in [0.5, 0.6) is 0 Å². The van der Waals surface area contributed by atoms with Crippen molar-refractivity contribution in [2.45, 2.75) is 6.17 Å². The SMILES string of the molecule is [NH]C1COC(=O)N1. The molecule has 1 rings (SSSR count). The van der Waals surface area contributed by atoms with Gasteiger partial charge in [0.1, 0.15) is 12.8 Å². The molecular formula is C3H5N2O2. The zero-order valence-corrected chi connectivity index (χ0v) is 3.60. The minimum absolute atomic E-state index is 0.179. The zero-order chi connectivity index (χ0) is 5.28. The third-order valence-corrected chi connectivity index (χ3v) is 0.673. The number of nitrogens with one attached hydrogen (secondary N) is 2. The fraction of sp³-hybridized carbons (Fsp3) is 0.667. The van der Waals surface area contributed by atoms with Gasteiger partial charge in [0.2, 0.25) is 0 Å². The molecule has 0 spiro atoms. The lowest BCUT2D eigenvalue weighted by Crippen LogP contribution is -2.26. The van der Waals surface area contributed by atoms with E-state index in [0.717, 1.165) is 0 Å². The van der Waals surface area contributed by atoms with E-state index in [1.165, 1.54) is 0 Å². The molecule has 39 valence electrons. The number of ether oxygens (including phenoxy) is 1. The Morgan fingerprint density at radius 3 is 2.86 bits per heavy atom. The summed E-state index contributed by atoms with van der Waals surface area (Å²) in [6.45, 7) is 0.179. The number of carbonyl (C=O) groups excluding carboxylic acids is 1. The normalized spacial score (nSPS) is 29.3. The van der Waals surface area contributed by atoms with E-state index in [9.17, 15) is 4.79 Å². The average molecular weight is 101 g/mol. The fourth-order valence-corrected chi connectivity index (χ4v) is 0.385. The molecule has 0 aromatic carbocycles. The number of hydrogen-bond donors (Lipinski definition) is 1. The zero-order valence-electron chi connectivity index (χ0n) is 3.60. The maximum Gasteiger partial charge on any atom is 0.408 e. The predicted molar refractivity (Wildman–Crippen MR) is 21.4 cm³/mol. The molecule has 1 saturated heterocycles. The van der Waals surface area contributed by atoms with Crippen molar-refractivity contribution in [3.8, 4) is 0 Å². The van der Waals surface area contributed by atoms with Crippen LogP contribution in [0.1, 0.15) is 0 Å². The minimum Gasteiger partial charge on any atom is -0.446 e. The molecule has 1 unspecified atom stereocenters. The van der Waals surface area contributed by atoms with Crippen molar-refractivity contribution in [1.29, 1.82) is 0 Å². The molecule has 0 aliphatic carbocycles. The monoisotopic (exact) mass is 101 g/mol. The number of alkyl carbamates (subject to hydrolysis) is 1. The van der Waals surface area contributed by atoms with Crippen LogP contribution >= 0.6 is 0 Å². The molecule has 0 bridgehead atoms.